The molecule has 23 heavy (non-hydrogen) atoms. The van der Waals surface area contributed by atoms with Crippen LogP contribution in [0.15, 0.2) is 95.7 Å². The van der Waals surface area contributed by atoms with Crippen LogP contribution in [0.5, 0.6) is 0 Å². The first-order valence-electron chi connectivity index (χ1n) is 7.57. The number of hydrogen-bond acceptors (Lipinski definition) is 2. The summed E-state index contributed by atoms with van der Waals surface area (Å²) in [5, 5.41) is 4.83. The Kier molecular flexibility index (Phi) is 3.49. The molecule has 5 aromatic rings. The van der Waals surface area contributed by atoms with Crippen molar-refractivity contribution >= 4 is 32.7 Å². The summed E-state index contributed by atoms with van der Waals surface area (Å²) in [6.07, 6.45) is 3.68. The Bertz CT molecular complexity index is 963. The standard InChI is InChI=1S/C12H8O.C9H7N/c1-3-7-11-9(5-1)10-6-2-4-8-12(10)13-11;1-2-4-9-7-10-6-5-8(9)3-1/h1-8H;1-7H. The van der Waals surface area contributed by atoms with Gasteiger partial charge in [0, 0.05) is 23.2 Å². The molecule has 5 rings (SSSR count). The third-order valence-electron chi connectivity index (χ3n) is 3.83. The van der Waals surface area contributed by atoms with Crippen LogP contribution < -0.4 is 0 Å². The van der Waals surface area contributed by atoms with Gasteiger partial charge < -0.3 is 4.42 Å². The Hall–Kier alpha value is -3.13. The smallest absolute Gasteiger partial charge is 0.135 e. The molecule has 110 valence electrons. The monoisotopic (exact) mass is 297 g/mol. The largest absolute Gasteiger partial charge is 0.456 e. The van der Waals surface area contributed by atoms with Gasteiger partial charge in [0.1, 0.15) is 11.2 Å². The number of hydrogen-bond donors (Lipinski definition) is 0. The lowest BCUT2D eigenvalue weighted by Gasteiger charge is -1.91. The van der Waals surface area contributed by atoms with Gasteiger partial charge in [0.05, 0.1) is 0 Å². The zero-order chi connectivity index (χ0) is 15.5. The first-order valence-corrected chi connectivity index (χ1v) is 7.57. The van der Waals surface area contributed by atoms with Gasteiger partial charge in [0.15, 0.2) is 0 Å². The van der Waals surface area contributed by atoms with Gasteiger partial charge in [0.2, 0.25) is 0 Å². The van der Waals surface area contributed by atoms with Crippen LogP contribution in [-0.4, -0.2) is 4.98 Å². The highest BCUT2D eigenvalue weighted by atomic mass is 16.3. The second-order valence-electron chi connectivity index (χ2n) is 5.32. The second kappa shape index (κ2) is 5.93. The molecule has 2 aromatic heterocycles. The number of fused-ring (bicyclic) bond motifs is 4. The average Bonchev–Trinajstić information content (AvgIpc) is 3.01. The Balaban J connectivity index is 0.000000122. The fourth-order valence-corrected chi connectivity index (χ4v) is 2.70. The van der Waals surface area contributed by atoms with E-state index in [1.54, 1.807) is 0 Å². The highest BCUT2D eigenvalue weighted by molar-refractivity contribution is 6.04. The summed E-state index contributed by atoms with van der Waals surface area (Å²) in [6, 6.07) is 26.4. The molecule has 0 aliphatic carbocycles. The number of benzene rings is 3. The molecule has 0 amide bonds. The predicted octanol–water partition coefficient (Wildman–Crippen LogP) is 5.82. The van der Waals surface area contributed by atoms with Gasteiger partial charge in [-0.1, -0.05) is 60.7 Å². The molecule has 0 aliphatic heterocycles. The third kappa shape index (κ3) is 2.67. The lowest BCUT2D eigenvalue weighted by atomic mass is 10.2. The number of furan rings is 1. The van der Waals surface area contributed by atoms with Crippen LogP contribution in [0.1, 0.15) is 0 Å². The molecule has 0 spiro atoms. The average molecular weight is 297 g/mol. The molecule has 0 saturated carbocycles. The first-order chi connectivity index (χ1) is 11.4. The van der Waals surface area contributed by atoms with Crippen molar-refractivity contribution in [2.24, 2.45) is 0 Å². The lowest BCUT2D eigenvalue weighted by Crippen LogP contribution is -1.71. The number of aromatic nitrogens is 1. The third-order valence-corrected chi connectivity index (χ3v) is 3.83. The van der Waals surface area contributed by atoms with E-state index >= 15 is 0 Å². The summed E-state index contributed by atoms with van der Waals surface area (Å²) in [7, 11) is 0. The van der Waals surface area contributed by atoms with Gasteiger partial charge in [-0.15, -0.1) is 0 Å². The van der Waals surface area contributed by atoms with Gasteiger partial charge in [-0.05, 0) is 29.0 Å². The van der Waals surface area contributed by atoms with E-state index in [9.17, 15) is 0 Å². The fraction of sp³-hybridized carbons (Fsp3) is 0. The highest BCUT2D eigenvalue weighted by Crippen LogP contribution is 2.27. The number of rotatable bonds is 0. The van der Waals surface area contributed by atoms with Crippen LogP contribution in [0.2, 0.25) is 0 Å². The Morgan fingerprint density at radius 2 is 1.13 bits per heavy atom. The van der Waals surface area contributed by atoms with E-state index in [-0.39, 0.29) is 0 Å². The van der Waals surface area contributed by atoms with Crippen LogP contribution in [0, 0.1) is 0 Å². The predicted molar refractivity (Wildman–Crippen MR) is 95.5 cm³/mol. The fourth-order valence-electron chi connectivity index (χ4n) is 2.70. The molecule has 2 heteroatoms. The van der Waals surface area contributed by atoms with E-state index in [4.69, 9.17) is 4.42 Å². The van der Waals surface area contributed by atoms with E-state index in [0.717, 1.165) is 11.2 Å². The molecule has 2 heterocycles. The van der Waals surface area contributed by atoms with Crippen molar-refractivity contribution in [1.29, 1.82) is 0 Å². The quantitative estimate of drug-likeness (QED) is 0.360. The maximum absolute atomic E-state index is 5.65. The summed E-state index contributed by atoms with van der Waals surface area (Å²) in [6.45, 7) is 0. The van der Waals surface area contributed by atoms with E-state index in [1.807, 2.05) is 67.0 Å². The summed E-state index contributed by atoms with van der Waals surface area (Å²) >= 11 is 0. The Morgan fingerprint density at radius 3 is 1.78 bits per heavy atom. The molecule has 3 aromatic carbocycles. The van der Waals surface area contributed by atoms with Crippen molar-refractivity contribution in [2.45, 2.75) is 0 Å². The molecule has 0 atom stereocenters. The van der Waals surface area contributed by atoms with Crippen molar-refractivity contribution in [3.8, 4) is 0 Å². The van der Waals surface area contributed by atoms with Crippen LogP contribution in [0.25, 0.3) is 32.7 Å². The molecule has 0 N–H and O–H groups in total. The number of para-hydroxylation sites is 2. The SMILES string of the molecule is c1ccc2c(c1)oc1ccccc12.c1ccc2cnccc2c1. The molecule has 0 bridgehead atoms. The first kappa shape index (κ1) is 13.5. The van der Waals surface area contributed by atoms with E-state index < -0.39 is 0 Å². The molecule has 0 fully saturated rings. The molecule has 2 nitrogen and oxygen atoms in total. The van der Waals surface area contributed by atoms with Crippen molar-refractivity contribution in [3.05, 3.63) is 91.3 Å². The molecule has 0 radical (unpaired) electrons. The lowest BCUT2D eigenvalue weighted by molar-refractivity contribution is 0.669. The second-order valence-corrected chi connectivity index (χ2v) is 5.32. The topological polar surface area (TPSA) is 26.0 Å². The summed E-state index contributed by atoms with van der Waals surface area (Å²) in [5.74, 6) is 0. The highest BCUT2D eigenvalue weighted by Gasteiger charge is 2.03. The van der Waals surface area contributed by atoms with E-state index in [1.165, 1.54) is 21.5 Å². The van der Waals surface area contributed by atoms with Crippen molar-refractivity contribution in [2.75, 3.05) is 0 Å². The molecular weight excluding hydrogens is 282 g/mol. The van der Waals surface area contributed by atoms with Crippen LogP contribution in [-0.2, 0) is 0 Å². The van der Waals surface area contributed by atoms with E-state index in [2.05, 4.69) is 29.2 Å². The summed E-state index contributed by atoms with van der Waals surface area (Å²) in [4.78, 5) is 4.01. The Labute approximate surface area is 134 Å². The van der Waals surface area contributed by atoms with Crippen molar-refractivity contribution in [1.82, 2.24) is 4.98 Å². The zero-order valence-electron chi connectivity index (χ0n) is 12.5. The van der Waals surface area contributed by atoms with Crippen LogP contribution >= 0.6 is 0 Å². The molecule has 0 unspecified atom stereocenters. The number of nitrogens with zero attached hydrogens (tertiary/aromatic N) is 1. The van der Waals surface area contributed by atoms with Gasteiger partial charge in [-0.3, -0.25) is 4.98 Å². The minimum atomic E-state index is 0.962. The van der Waals surface area contributed by atoms with Gasteiger partial charge in [-0.25, -0.2) is 0 Å². The maximum Gasteiger partial charge on any atom is 0.135 e. The maximum atomic E-state index is 5.65. The summed E-state index contributed by atoms with van der Waals surface area (Å²) < 4.78 is 5.65. The molecule has 0 aliphatic rings. The molecular formula is C21H15NO. The van der Waals surface area contributed by atoms with Crippen molar-refractivity contribution in [3.63, 3.8) is 0 Å². The molecule has 0 saturated heterocycles. The van der Waals surface area contributed by atoms with Crippen LogP contribution in [0.3, 0.4) is 0 Å². The zero-order valence-corrected chi connectivity index (χ0v) is 12.5. The van der Waals surface area contributed by atoms with Crippen molar-refractivity contribution < 1.29 is 4.42 Å². The summed E-state index contributed by atoms with van der Waals surface area (Å²) in [5.41, 5.74) is 1.92. The van der Waals surface area contributed by atoms with Crippen LogP contribution in [0.4, 0.5) is 0 Å². The Morgan fingerprint density at radius 1 is 0.565 bits per heavy atom. The number of pyridine rings is 1. The minimum absolute atomic E-state index is 0.962. The van der Waals surface area contributed by atoms with Gasteiger partial charge in [0.25, 0.3) is 0 Å². The normalized spacial score (nSPS) is 10.6. The van der Waals surface area contributed by atoms with Gasteiger partial charge in [-0.2, -0.15) is 0 Å². The van der Waals surface area contributed by atoms with Gasteiger partial charge >= 0.3 is 0 Å². The van der Waals surface area contributed by atoms with E-state index in [0.29, 0.717) is 0 Å². The minimum Gasteiger partial charge on any atom is -0.456 e.